The van der Waals surface area contributed by atoms with Crippen LogP contribution in [0.5, 0.6) is 0 Å². The third kappa shape index (κ3) is 2.78. The molecule has 0 amide bonds. The summed E-state index contributed by atoms with van der Waals surface area (Å²) in [5.41, 5.74) is 1.91. The van der Waals surface area contributed by atoms with Crippen LogP contribution in [0.25, 0.3) is 10.9 Å². The third-order valence-corrected chi connectivity index (χ3v) is 3.87. The van der Waals surface area contributed by atoms with E-state index in [1.54, 1.807) is 12.1 Å². The number of carbonyl (C=O) groups is 1. The summed E-state index contributed by atoms with van der Waals surface area (Å²) in [4.78, 5) is 28.8. The van der Waals surface area contributed by atoms with Gasteiger partial charge in [-0.1, -0.05) is 18.2 Å². The number of carbonyl (C=O) groups excluding carboxylic acids is 1. The maximum absolute atomic E-state index is 13.4. The van der Waals surface area contributed by atoms with Crippen molar-refractivity contribution in [2.24, 2.45) is 0 Å². The van der Waals surface area contributed by atoms with Gasteiger partial charge in [0, 0.05) is 0 Å². The standard InChI is InChI=1S/C18H15FN2O3/c1-11-4-3-5-14-16(11)20-10-21(17(14)22)9-12-6-7-13(19)8-15(12)18(23)24-2/h3-8,10H,9H2,1-2H3. The van der Waals surface area contributed by atoms with Gasteiger partial charge >= 0.3 is 5.97 Å². The topological polar surface area (TPSA) is 61.2 Å². The van der Waals surface area contributed by atoms with Gasteiger partial charge in [0.2, 0.25) is 0 Å². The number of rotatable bonds is 3. The number of halogens is 1. The zero-order valence-electron chi connectivity index (χ0n) is 13.2. The van der Waals surface area contributed by atoms with E-state index in [0.29, 0.717) is 16.5 Å². The van der Waals surface area contributed by atoms with Crippen LogP contribution in [-0.4, -0.2) is 22.6 Å². The number of aryl methyl sites for hydroxylation is 1. The first kappa shape index (κ1) is 15.9. The molecule has 24 heavy (non-hydrogen) atoms. The van der Waals surface area contributed by atoms with Gasteiger partial charge in [-0.05, 0) is 36.2 Å². The lowest BCUT2D eigenvalue weighted by Crippen LogP contribution is -2.22. The molecule has 0 N–H and O–H groups in total. The first-order valence-electron chi connectivity index (χ1n) is 7.33. The normalized spacial score (nSPS) is 10.8. The molecule has 0 saturated carbocycles. The molecule has 0 spiro atoms. The minimum Gasteiger partial charge on any atom is -0.465 e. The van der Waals surface area contributed by atoms with Gasteiger partial charge in [0.15, 0.2) is 0 Å². The van der Waals surface area contributed by atoms with Crippen LogP contribution in [0.15, 0.2) is 47.5 Å². The molecule has 0 aliphatic carbocycles. The van der Waals surface area contributed by atoms with Crippen LogP contribution < -0.4 is 5.56 Å². The Kier molecular flexibility index (Phi) is 4.12. The van der Waals surface area contributed by atoms with E-state index < -0.39 is 11.8 Å². The molecule has 0 bridgehead atoms. The molecule has 0 atom stereocenters. The van der Waals surface area contributed by atoms with E-state index in [2.05, 4.69) is 9.72 Å². The smallest absolute Gasteiger partial charge is 0.338 e. The number of fused-ring (bicyclic) bond motifs is 1. The van der Waals surface area contributed by atoms with Crippen molar-refractivity contribution in [3.05, 3.63) is 75.6 Å². The molecular formula is C18H15FN2O3. The van der Waals surface area contributed by atoms with Crippen LogP contribution in [-0.2, 0) is 11.3 Å². The predicted molar refractivity (Wildman–Crippen MR) is 87.6 cm³/mol. The minimum absolute atomic E-state index is 0.0914. The second kappa shape index (κ2) is 6.23. The SMILES string of the molecule is COC(=O)c1cc(F)ccc1Cn1cnc2c(C)cccc2c1=O. The number of para-hydroxylation sites is 1. The number of nitrogens with zero attached hydrogens (tertiary/aromatic N) is 2. The average molecular weight is 326 g/mol. The van der Waals surface area contributed by atoms with E-state index in [9.17, 15) is 14.0 Å². The number of hydrogen-bond acceptors (Lipinski definition) is 4. The van der Waals surface area contributed by atoms with E-state index in [4.69, 9.17) is 0 Å². The first-order valence-corrected chi connectivity index (χ1v) is 7.33. The largest absolute Gasteiger partial charge is 0.465 e. The molecule has 1 aromatic heterocycles. The Morgan fingerprint density at radius 2 is 2.08 bits per heavy atom. The van der Waals surface area contributed by atoms with Gasteiger partial charge < -0.3 is 4.74 Å². The minimum atomic E-state index is -0.651. The molecule has 0 unspecified atom stereocenters. The molecule has 1 heterocycles. The van der Waals surface area contributed by atoms with Gasteiger partial charge in [-0.15, -0.1) is 0 Å². The van der Waals surface area contributed by atoms with Crippen molar-refractivity contribution in [3.63, 3.8) is 0 Å². The Morgan fingerprint density at radius 3 is 2.83 bits per heavy atom. The Morgan fingerprint density at radius 1 is 1.29 bits per heavy atom. The quantitative estimate of drug-likeness (QED) is 0.694. The van der Waals surface area contributed by atoms with Crippen molar-refractivity contribution >= 4 is 16.9 Å². The van der Waals surface area contributed by atoms with Crippen molar-refractivity contribution in [1.29, 1.82) is 0 Å². The molecular weight excluding hydrogens is 311 g/mol. The molecule has 3 rings (SSSR count). The Bertz CT molecular complexity index is 995. The molecule has 0 saturated heterocycles. The van der Waals surface area contributed by atoms with E-state index in [1.165, 1.54) is 30.1 Å². The summed E-state index contributed by atoms with van der Waals surface area (Å²) in [5, 5.41) is 0.499. The van der Waals surface area contributed by atoms with Crippen molar-refractivity contribution in [2.75, 3.05) is 7.11 Å². The Hall–Kier alpha value is -3.02. The van der Waals surface area contributed by atoms with Crippen LogP contribution in [0.2, 0.25) is 0 Å². The lowest BCUT2D eigenvalue weighted by molar-refractivity contribution is 0.0598. The average Bonchev–Trinajstić information content (AvgIpc) is 2.58. The van der Waals surface area contributed by atoms with Crippen LogP contribution in [0.1, 0.15) is 21.5 Å². The Labute approximate surface area is 137 Å². The van der Waals surface area contributed by atoms with Crippen molar-refractivity contribution in [3.8, 4) is 0 Å². The highest BCUT2D eigenvalue weighted by molar-refractivity contribution is 5.91. The number of aromatic nitrogens is 2. The summed E-state index contributed by atoms with van der Waals surface area (Å²) in [6.07, 6.45) is 1.43. The van der Waals surface area contributed by atoms with Crippen LogP contribution in [0, 0.1) is 12.7 Å². The molecule has 0 aliphatic rings. The highest BCUT2D eigenvalue weighted by Crippen LogP contribution is 2.15. The molecule has 3 aromatic rings. The van der Waals surface area contributed by atoms with Crippen molar-refractivity contribution < 1.29 is 13.9 Å². The summed E-state index contributed by atoms with van der Waals surface area (Å²) in [5.74, 6) is -1.19. The lowest BCUT2D eigenvalue weighted by atomic mass is 10.1. The molecule has 0 aliphatic heterocycles. The first-order chi connectivity index (χ1) is 11.5. The second-order valence-corrected chi connectivity index (χ2v) is 5.44. The lowest BCUT2D eigenvalue weighted by Gasteiger charge is -2.11. The van der Waals surface area contributed by atoms with Gasteiger partial charge in [-0.25, -0.2) is 14.2 Å². The zero-order valence-corrected chi connectivity index (χ0v) is 13.2. The summed E-state index contributed by atoms with van der Waals surface area (Å²) >= 11 is 0. The van der Waals surface area contributed by atoms with Crippen LogP contribution in [0.4, 0.5) is 4.39 Å². The van der Waals surface area contributed by atoms with Gasteiger partial charge in [-0.2, -0.15) is 0 Å². The van der Waals surface area contributed by atoms with Gasteiger partial charge in [0.25, 0.3) is 5.56 Å². The number of ether oxygens (including phenoxy) is 1. The number of methoxy groups -OCH3 is 1. The number of hydrogen-bond donors (Lipinski definition) is 0. The maximum atomic E-state index is 13.4. The number of esters is 1. The fourth-order valence-electron chi connectivity index (χ4n) is 2.62. The highest BCUT2D eigenvalue weighted by atomic mass is 19.1. The summed E-state index contributed by atoms with van der Waals surface area (Å²) in [6.45, 7) is 1.98. The van der Waals surface area contributed by atoms with E-state index in [-0.39, 0.29) is 17.7 Å². The Balaban J connectivity index is 2.10. The predicted octanol–water partition coefficient (Wildman–Crippen LogP) is 2.68. The van der Waals surface area contributed by atoms with Crippen LogP contribution >= 0.6 is 0 Å². The fraction of sp³-hybridized carbons (Fsp3) is 0.167. The highest BCUT2D eigenvalue weighted by Gasteiger charge is 2.15. The van der Waals surface area contributed by atoms with E-state index in [1.807, 2.05) is 13.0 Å². The summed E-state index contributed by atoms with van der Waals surface area (Å²) in [7, 11) is 1.23. The zero-order chi connectivity index (χ0) is 17.3. The number of benzene rings is 2. The maximum Gasteiger partial charge on any atom is 0.338 e. The molecule has 0 radical (unpaired) electrons. The molecule has 122 valence electrons. The molecule has 5 nitrogen and oxygen atoms in total. The van der Waals surface area contributed by atoms with Crippen molar-refractivity contribution in [2.45, 2.75) is 13.5 Å². The monoisotopic (exact) mass is 326 g/mol. The van der Waals surface area contributed by atoms with Gasteiger partial charge in [0.05, 0.1) is 36.4 Å². The fourth-order valence-corrected chi connectivity index (χ4v) is 2.62. The second-order valence-electron chi connectivity index (χ2n) is 5.44. The van der Waals surface area contributed by atoms with E-state index >= 15 is 0 Å². The van der Waals surface area contributed by atoms with E-state index in [0.717, 1.165) is 11.6 Å². The van der Waals surface area contributed by atoms with Crippen molar-refractivity contribution in [1.82, 2.24) is 9.55 Å². The van der Waals surface area contributed by atoms with Gasteiger partial charge in [0.1, 0.15) is 5.82 Å². The third-order valence-electron chi connectivity index (χ3n) is 3.87. The molecule has 0 fully saturated rings. The molecule has 2 aromatic carbocycles. The van der Waals surface area contributed by atoms with Crippen LogP contribution in [0.3, 0.4) is 0 Å². The summed E-state index contributed by atoms with van der Waals surface area (Å²) in [6, 6.07) is 9.20. The van der Waals surface area contributed by atoms with Gasteiger partial charge in [-0.3, -0.25) is 9.36 Å². The molecule has 6 heteroatoms. The summed E-state index contributed by atoms with van der Waals surface area (Å²) < 4.78 is 19.5.